The highest BCUT2D eigenvalue weighted by molar-refractivity contribution is 7.66. The molecule has 0 bridgehead atoms. The zero-order valence-electron chi connectivity index (χ0n) is 33.1. The zero-order valence-corrected chi connectivity index (χ0v) is 37.2. The lowest BCUT2D eigenvalue weighted by atomic mass is 9.77. The van der Waals surface area contributed by atoms with Crippen molar-refractivity contribution in [3.05, 3.63) is 90.4 Å². The highest BCUT2D eigenvalue weighted by Crippen LogP contribution is 2.67. The summed E-state index contributed by atoms with van der Waals surface area (Å²) in [6, 6.07) is 6.57. The first-order valence-electron chi connectivity index (χ1n) is 18.0. The van der Waals surface area contributed by atoms with Crippen LogP contribution in [-0.4, -0.2) is 107 Å². The van der Waals surface area contributed by atoms with Crippen molar-refractivity contribution >= 4 is 64.4 Å². The van der Waals surface area contributed by atoms with E-state index >= 15 is 0 Å². The number of phosphoric acid groups is 3. The van der Waals surface area contributed by atoms with Crippen LogP contribution in [0.5, 0.6) is 34.5 Å². The van der Waals surface area contributed by atoms with Crippen LogP contribution in [0.25, 0.3) is 0 Å². The quantitative estimate of drug-likeness (QED) is 0.0550. The fraction of sp³-hybridized carbons (Fsp3) is 0.257. The Kier molecular flexibility index (Phi) is 13.1. The van der Waals surface area contributed by atoms with Crippen LogP contribution in [0, 0.1) is 11.8 Å². The number of halogens is 2. The number of carbonyl (C=O) groups is 2. The van der Waals surface area contributed by atoms with Crippen molar-refractivity contribution in [3.63, 3.8) is 0 Å². The summed E-state index contributed by atoms with van der Waals surface area (Å²) in [6.45, 7) is -1.57. The predicted octanol–water partition coefficient (Wildman–Crippen LogP) is 1.87. The van der Waals surface area contributed by atoms with Crippen molar-refractivity contribution < 1.29 is 100 Å². The molecular formula is C35H31Cl2N4O22P3. The summed E-state index contributed by atoms with van der Waals surface area (Å²) in [5, 5.41) is 44.6. The number of nitrogen functional groups attached to an aromatic ring is 1. The number of fused-ring (bicyclic) bond motifs is 6. The molecule has 3 aliphatic rings. The largest absolute Gasteiger partial charge is 0.503 e. The number of nitrogens with zero attached hydrogens (tertiary/aromatic N) is 2. The van der Waals surface area contributed by atoms with Crippen molar-refractivity contribution in [2.45, 2.75) is 30.1 Å². The maximum Gasteiger partial charge on any atom is 0.490 e. The van der Waals surface area contributed by atoms with Gasteiger partial charge in [-0.2, -0.15) is 13.6 Å². The minimum absolute atomic E-state index is 0.0101. The van der Waals surface area contributed by atoms with Crippen LogP contribution in [0.3, 0.4) is 0 Å². The lowest BCUT2D eigenvalue weighted by Gasteiger charge is -2.37. The number of amides is 1. The van der Waals surface area contributed by atoms with Crippen LogP contribution < -0.4 is 31.0 Å². The number of phenols is 2. The van der Waals surface area contributed by atoms with E-state index in [1.807, 2.05) is 0 Å². The van der Waals surface area contributed by atoms with E-state index in [1.165, 1.54) is 44.6 Å². The van der Waals surface area contributed by atoms with Gasteiger partial charge >= 0.3 is 35.1 Å². The Bertz CT molecular complexity index is 2930. The summed E-state index contributed by atoms with van der Waals surface area (Å²) < 4.78 is 75.2. The van der Waals surface area contributed by atoms with Crippen molar-refractivity contribution in [2.24, 2.45) is 0 Å². The Morgan fingerprint density at radius 2 is 1.53 bits per heavy atom. The van der Waals surface area contributed by atoms with Gasteiger partial charge in [0, 0.05) is 17.3 Å². The third-order valence-electron chi connectivity index (χ3n) is 9.82. The maximum absolute atomic E-state index is 13.6. The first kappa shape index (κ1) is 48.6. The number of benzene rings is 3. The molecule has 3 aromatic carbocycles. The van der Waals surface area contributed by atoms with E-state index in [4.69, 9.17) is 62.4 Å². The number of anilines is 1. The molecule has 1 aromatic heterocycles. The van der Waals surface area contributed by atoms with Gasteiger partial charge < -0.3 is 74.7 Å². The molecule has 6 atom stereocenters. The normalized spacial score (nSPS) is 20.9. The number of phenolic OH excluding ortho intramolecular Hbond substituents is 2. The molecule has 352 valence electrons. The Morgan fingerprint density at radius 1 is 0.924 bits per heavy atom. The van der Waals surface area contributed by atoms with Crippen molar-refractivity contribution in [3.8, 4) is 46.3 Å². The number of esters is 1. The van der Waals surface area contributed by atoms with Gasteiger partial charge in [0.25, 0.3) is 5.91 Å². The first-order valence-corrected chi connectivity index (χ1v) is 23.3. The van der Waals surface area contributed by atoms with Gasteiger partial charge in [0.1, 0.15) is 34.2 Å². The van der Waals surface area contributed by atoms with Gasteiger partial charge in [0.2, 0.25) is 0 Å². The third-order valence-corrected chi connectivity index (χ3v) is 14.3. The number of rotatable bonds is 12. The molecule has 2 unspecified atom stereocenters. The Hall–Kier alpha value is -5.29. The van der Waals surface area contributed by atoms with E-state index in [2.05, 4.69) is 35.3 Å². The van der Waals surface area contributed by atoms with Crippen LogP contribution in [0.15, 0.2) is 41.3 Å². The predicted molar refractivity (Wildman–Crippen MR) is 219 cm³/mol. The number of methoxy groups -OCH3 is 2. The lowest BCUT2D eigenvalue weighted by molar-refractivity contribution is -0.0541. The van der Waals surface area contributed by atoms with E-state index in [1.54, 1.807) is 0 Å². The Balaban J connectivity index is 1.12. The molecule has 1 fully saturated rings. The average molecular weight is 1020 g/mol. The molecule has 1 amide bonds. The second-order valence-corrected chi connectivity index (χ2v) is 19.0. The fourth-order valence-corrected chi connectivity index (χ4v) is 10.5. The van der Waals surface area contributed by atoms with Crippen LogP contribution in [0.2, 0.25) is 10.0 Å². The Morgan fingerprint density at radius 3 is 2.11 bits per heavy atom. The van der Waals surface area contributed by atoms with E-state index in [9.17, 15) is 58.3 Å². The zero-order chi connectivity index (χ0) is 48.4. The van der Waals surface area contributed by atoms with Crippen LogP contribution in [0.1, 0.15) is 49.2 Å². The van der Waals surface area contributed by atoms with Crippen LogP contribution >= 0.6 is 46.7 Å². The number of nitrogens with one attached hydrogen (secondary N) is 1. The van der Waals surface area contributed by atoms with Crippen molar-refractivity contribution in [1.29, 1.82) is 0 Å². The van der Waals surface area contributed by atoms with Crippen LogP contribution in [0.4, 0.5) is 5.82 Å². The number of aromatic nitrogens is 2. The van der Waals surface area contributed by atoms with Crippen molar-refractivity contribution in [2.75, 3.05) is 33.1 Å². The minimum atomic E-state index is -5.88. The number of hydrogen-bond donors (Lipinski definition) is 10. The molecule has 11 N–H and O–H groups in total. The van der Waals surface area contributed by atoms with Crippen molar-refractivity contribution in [1.82, 2.24) is 14.9 Å². The molecule has 3 aliphatic heterocycles. The van der Waals surface area contributed by atoms with Gasteiger partial charge in [0.15, 0.2) is 46.3 Å². The third kappa shape index (κ3) is 8.96. The van der Waals surface area contributed by atoms with Crippen LogP contribution in [-0.2, 0) is 41.9 Å². The molecular weight excluding hydrogens is 992 g/mol. The standard InChI is InChI=1S/C35H31Cl2N4O22P3/c1-56-19-9-17-28(22(36)24(19)42)60-29-18(10-20(57-2)25(43)23(29)37)35(17)16-8-13(5-6-15(16)33(47)61-35)31(46)39-7-3-4-14-11-41(34(48)40-30(14)38)32-27(45)26(44)21(59-32)12-58-65(52,53)63-66(54,55)62-64(49,50)51/h5-6,8-11,21,26-27,32,42-45H,7,12H2,1-2H3,(H,39,46)(H,52,53)(H,54,55)(H2,38,40,48)(H2,49,50,51)/t21-,26-,27-,32-/m1/s1. The summed E-state index contributed by atoms with van der Waals surface area (Å²) in [5.41, 5.74) is 2.67. The minimum Gasteiger partial charge on any atom is -0.503 e. The van der Waals surface area contributed by atoms with Gasteiger partial charge in [-0.3, -0.25) is 13.9 Å². The molecule has 0 saturated carbocycles. The number of phosphoric ester groups is 1. The SMILES string of the molecule is COc1cc2c(c(Cl)c1O)Oc1c(cc(OC)c(O)c1Cl)C21OC(=O)c2ccc(C(=O)NCC#Cc3cn([C@@H]4O[C@H](COP(=O)(O)OP(=O)(O)OP(=O)(O)O)[C@@H](O)[C@H]4O)c(=O)nc3N)cc21. The molecule has 0 aliphatic carbocycles. The number of ether oxygens (including phenoxy) is 5. The first-order chi connectivity index (χ1) is 30.8. The maximum atomic E-state index is 13.6. The number of aromatic hydroxyl groups is 2. The average Bonchev–Trinajstić information content (AvgIpc) is 3.68. The van der Waals surface area contributed by atoms with Gasteiger partial charge in [0.05, 0.1) is 49.6 Å². The summed E-state index contributed by atoms with van der Waals surface area (Å²) >= 11 is 13.1. The highest BCUT2D eigenvalue weighted by atomic mass is 35.5. The van der Waals surface area contributed by atoms with E-state index in [0.29, 0.717) is 4.57 Å². The number of nitrogens with two attached hydrogens (primary N) is 1. The molecule has 26 nitrogen and oxygen atoms in total. The summed E-state index contributed by atoms with van der Waals surface area (Å²) in [5.74, 6) is 1.34. The van der Waals surface area contributed by atoms with Gasteiger partial charge in [-0.25, -0.2) is 23.3 Å². The van der Waals surface area contributed by atoms with E-state index < -0.39 is 102 Å². The van der Waals surface area contributed by atoms with Gasteiger partial charge in [-0.05, 0) is 30.3 Å². The van der Waals surface area contributed by atoms with E-state index in [0.717, 1.165) is 6.20 Å². The smallest absolute Gasteiger partial charge is 0.490 e. The monoisotopic (exact) mass is 1020 g/mol. The second-order valence-electron chi connectivity index (χ2n) is 13.8. The number of aliphatic hydroxyl groups is 2. The number of aliphatic hydroxyl groups excluding tert-OH is 2. The summed E-state index contributed by atoms with van der Waals surface area (Å²) in [4.78, 5) is 80.1. The highest BCUT2D eigenvalue weighted by Gasteiger charge is 2.56. The topological polar surface area (TPSA) is 394 Å². The molecule has 7 rings (SSSR count). The summed E-state index contributed by atoms with van der Waals surface area (Å²) in [7, 11) is -14.7. The Labute approximate surface area is 378 Å². The molecule has 1 spiro atoms. The molecule has 1 saturated heterocycles. The molecule has 66 heavy (non-hydrogen) atoms. The fourth-order valence-electron chi connectivity index (χ4n) is 6.98. The lowest BCUT2D eigenvalue weighted by Crippen LogP contribution is -2.36. The van der Waals surface area contributed by atoms with Gasteiger partial charge in [-0.15, -0.1) is 0 Å². The molecule has 4 aromatic rings. The molecule has 31 heteroatoms. The number of hydrogen-bond acceptors (Lipinski definition) is 20. The van der Waals surface area contributed by atoms with Gasteiger partial charge in [-0.1, -0.05) is 35.0 Å². The molecule has 4 heterocycles. The summed E-state index contributed by atoms with van der Waals surface area (Å²) in [6.07, 6.45) is -6.49. The van der Waals surface area contributed by atoms with E-state index in [-0.39, 0.29) is 66.4 Å². The molecule has 0 radical (unpaired) electrons. The second kappa shape index (κ2) is 17.7. The number of carbonyl (C=O) groups excluding carboxylic acids is 2.